The maximum atomic E-state index is 3.99. The highest BCUT2D eigenvalue weighted by Gasteiger charge is 1.87. The molecule has 9 heavy (non-hydrogen) atoms. The van der Waals surface area contributed by atoms with Gasteiger partial charge in [0, 0.05) is 35.3 Å². The third-order valence-electron chi connectivity index (χ3n) is 0.844. The van der Waals surface area contributed by atoms with Crippen molar-refractivity contribution in [3.8, 4) is 0 Å². The Balaban J connectivity index is 2.61. The molecule has 4 heteroatoms. The van der Waals surface area contributed by atoms with Crippen molar-refractivity contribution in [2.75, 3.05) is 0 Å². The first-order chi connectivity index (χ1) is 4.43. The Morgan fingerprint density at radius 2 is 2.11 bits per heavy atom. The maximum absolute atomic E-state index is 3.99. The summed E-state index contributed by atoms with van der Waals surface area (Å²) in [4.78, 5) is 7.98. The lowest BCUT2D eigenvalue weighted by molar-refractivity contribution is 0.879. The summed E-state index contributed by atoms with van der Waals surface area (Å²) in [5.74, 6) is 0.826. The number of hydrogen-bond acceptors (Lipinski definition) is 3. The van der Waals surface area contributed by atoms with E-state index < -0.39 is 0 Å². The second kappa shape index (κ2) is 3.73. The zero-order chi connectivity index (χ0) is 6.53. The summed E-state index contributed by atoms with van der Waals surface area (Å²) in [6, 6.07) is 1.80. The van der Waals surface area contributed by atoms with E-state index in [1.54, 1.807) is 18.5 Å². The first-order valence-corrected chi connectivity index (χ1v) is 3.61. The van der Waals surface area contributed by atoms with Gasteiger partial charge >= 0.3 is 0 Å². The van der Waals surface area contributed by atoms with E-state index in [4.69, 9.17) is 0 Å². The van der Waals surface area contributed by atoms with E-state index in [0.29, 0.717) is 0 Å². The lowest BCUT2D eigenvalue weighted by atomic mass is 10.6. The van der Waals surface area contributed by atoms with Crippen LogP contribution in [-0.2, 0) is 6.54 Å². The zero-order valence-corrected chi connectivity index (χ0v) is 6.87. The Kier molecular flexibility index (Phi) is 2.85. The summed E-state index contributed by atoms with van der Waals surface area (Å²) in [5.41, 5.74) is 0. The number of aromatic nitrogens is 2. The lowest BCUT2D eigenvalue weighted by Crippen LogP contribution is -2.01. The number of hydrogen-bond donors (Lipinski definition) is 1. The summed E-state index contributed by atoms with van der Waals surface area (Å²) in [7, 11) is 0. The normalized spacial score (nSPS) is 9.44. The molecule has 1 rings (SSSR count). The molecule has 0 radical (unpaired) electrons. The molecule has 1 N–H and O–H groups in total. The number of nitrogens with zero attached hydrogens (tertiary/aromatic N) is 2. The standard InChI is InChI=1S/C5H6IN3/c6-9-4-5-7-2-1-3-8-5/h1-3,9H,4H2. The van der Waals surface area contributed by atoms with Gasteiger partial charge < -0.3 is 0 Å². The zero-order valence-electron chi connectivity index (χ0n) is 4.71. The van der Waals surface area contributed by atoms with E-state index in [0.717, 1.165) is 12.4 Å². The molecule has 1 heterocycles. The van der Waals surface area contributed by atoms with Gasteiger partial charge in [-0.05, 0) is 6.07 Å². The summed E-state index contributed by atoms with van der Waals surface area (Å²) in [6.45, 7) is 0.724. The molecular formula is C5H6IN3. The smallest absolute Gasteiger partial charge is 0.142 e. The van der Waals surface area contributed by atoms with Crippen molar-refractivity contribution in [1.29, 1.82) is 0 Å². The topological polar surface area (TPSA) is 37.8 Å². The molecule has 0 saturated carbocycles. The van der Waals surface area contributed by atoms with Crippen LogP contribution in [0, 0.1) is 0 Å². The molecule has 0 atom stereocenters. The van der Waals surface area contributed by atoms with Gasteiger partial charge in [-0.3, -0.25) is 3.53 Å². The van der Waals surface area contributed by atoms with E-state index in [2.05, 4.69) is 36.4 Å². The van der Waals surface area contributed by atoms with E-state index in [-0.39, 0.29) is 0 Å². The fourth-order valence-electron chi connectivity index (χ4n) is 0.481. The van der Waals surface area contributed by atoms with Gasteiger partial charge in [0.2, 0.25) is 0 Å². The summed E-state index contributed by atoms with van der Waals surface area (Å²) in [6.07, 6.45) is 3.46. The third-order valence-corrected chi connectivity index (χ3v) is 1.23. The minimum atomic E-state index is 0.724. The van der Waals surface area contributed by atoms with Gasteiger partial charge in [-0.15, -0.1) is 0 Å². The fourth-order valence-corrected chi connectivity index (χ4v) is 0.822. The highest BCUT2D eigenvalue weighted by atomic mass is 127. The largest absolute Gasteiger partial charge is 0.253 e. The monoisotopic (exact) mass is 235 g/mol. The molecule has 1 aromatic heterocycles. The quantitative estimate of drug-likeness (QED) is 0.611. The van der Waals surface area contributed by atoms with Crippen molar-refractivity contribution < 1.29 is 0 Å². The minimum Gasteiger partial charge on any atom is -0.253 e. The molecule has 3 nitrogen and oxygen atoms in total. The van der Waals surface area contributed by atoms with Crippen LogP contribution >= 0.6 is 22.9 Å². The Morgan fingerprint density at radius 1 is 1.44 bits per heavy atom. The lowest BCUT2D eigenvalue weighted by Gasteiger charge is -1.92. The van der Waals surface area contributed by atoms with Crippen LogP contribution in [0.3, 0.4) is 0 Å². The van der Waals surface area contributed by atoms with Gasteiger partial charge in [-0.1, -0.05) is 0 Å². The Bertz CT molecular complexity index is 165. The Labute approximate surface area is 67.4 Å². The molecular weight excluding hydrogens is 229 g/mol. The van der Waals surface area contributed by atoms with E-state index in [1.807, 2.05) is 0 Å². The fraction of sp³-hybridized carbons (Fsp3) is 0.200. The second-order valence-electron chi connectivity index (χ2n) is 1.48. The van der Waals surface area contributed by atoms with Gasteiger partial charge in [-0.25, -0.2) is 9.97 Å². The molecule has 1 aromatic rings. The first-order valence-electron chi connectivity index (χ1n) is 2.53. The van der Waals surface area contributed by atoms with Crippen molar-refractivity contribution >= 4 is 22.9 Å². The molecule has 0 amide bonds. The van der Waals surface area contributed by atoms with Crippen LogP contribution in [0.25, 0.3) is 0 Å². The molecule has 48 valence electrons. The van der Waals surface area contributed by atoms with Crippen molar-refractivity contribution in [2.45, 2.75) is 6.54 Å². The Morgan fingerprint density at radius 3 is 2.67 bits per heavy atom. The van der Waals surface area contributed by atoms with E-state index >= 15 is 0 Å². The maximum Gasteiger partial charge on any atom is 0.142 e. The molecule has 0 unspecified atom stereocenters. The van der Waals surface area contributed by atoms with Crippen LogP contribution in [0.2, 0.25) is 0 Å². The highest BCUT2D eigenvalue weighted by molar-refractivity contribution is 14.1. The average Bonchev–Trinajstić information content (AvgIpc) is 1.91. The van der Waals surface area contributed by atoms with E-state index in [9.17, 15) is 0 Å². The molecule has 0 saturated heterocycles. The molecule has 0 fully saturated rings. The van der Waals surface area contributed by atoms with Crippen LogP contribution in [0.1, 0.15) is 5.82 Å². The van der Waals surface area contributed by atoms with E-state index in [1.165, 1.54) is 0 Å². The molecule has 0 bridgehead atoms. The molecule has 0 aliphatic rings. The van der Waals surface area contributed by atoms with Gasteiger partial charge in [0.05, 0.1) is 6.54 Å². The minimum absolute atomic E-state index is 0.724. The van der Waals surface area contributed by atoms with Crippen LogP contribution in [-0.4, -0.2) is 9.97 Å². The number of rotatable bonds is 2. The third kappa shape index (κ3) is 2.23. The van der Waals surface area contributed by atoms with Crippen molar-refractivity contribution in [1.82, 2.24) is 13.5 Å². The highest BCUT2D eigenvalue weighted by Crippen LogP contribution is 1.86. The first kappa shape index (κ1) is 6.88. The number of nitrogens with one attached hydrogen (secondary N) is 1. The molecule has 0 aliphatic heterocycles. The average molecular weight is 235 g/mol. The predicted octanol–water partition coefficient (Wildman–Crippen LogP) is 0.916. The number of halogens is 1. The van der Waals surface area contributed by atoms with Crippen molar-refractivity contribution in [2.24, 2.45) is 0 Å². The summed E-state index contributed by atoms with van der Waals surface area (Å²) in [5, 5.41) is 0. The van der Waals surface area contributed by atoms with Gasteiger partial charge in [-0.2, -0.15) is 0 Å². The van der Waals surface area contributed by atoms with Crippen molar-refractivity contribution in [3.63, 3.8) is 0 Å². The molecule has 0 spiro atoms. The van der Waals surface area contributed by atoms with Gasteiger partial charge in [0.15, 0.2) is 0 Å². The molecule has 0 aliphatic carbocycles. The van der Waals surface area contributed by atoms with Gasteiger partial charge in [0.1, 0.15) is 5.82 Å². The van der Waals surface area contributed by atoms with Gasteiger partial charge in [0.25, 0.3) is 0 Å². The SMILES string of the molecule is INCc1ncccn1. The Hall–Kier alpha value is -0.230. The summed E-state index contributed by atoms with van der Waals surface area (Å²) < 4.78 is 2.93. The summed E-state index contributed by atoms with van der Waals surface area (Å²) >= 11 is 2.06. The van der Waals surface area contributed by atoms with Crippen LogP contribution in [0.15, 0.2) is 18.5 Å². The molecule has 0 aromatic carbocycles. The van der Waals surface area contributed by atoms with Crippen LogP contribution in [0.5, 0.6) is 0 Å². The van der Waals surface area contributed by atoms with Crippen LogP contribution < -0.4 is 3.53 Å². The van der Waals surface area contributed by atoms with Crippen LogP contribution in [0.4, 0.5) is 0 Å². The predicted molar refractivity (Wildman–Crippen MR) is 42.9 cm³/mol. The van der Waals surface area contributed by atoms with Crippen molar-refractivity contribution in [3.05, 3.63) is 24.3 Å². The second-order valence-corrected chi connectivity index (χ2v) is 2.24.